The maximum atomic E-state index is 13.2. The van der Waals surface area contributed by atoms with E-state index in [1.54, 1.807) is 24.3 Å². The lowest BCUT2D eigenvalue weighted by molar-refractivity contribution is -0.122. The van der Waals surface area contributed by atoms with Gasteiger partial charge in [-0.05, 0) is 54.0 Å². The SMILES string of the molecule is CCc1ccc(N2C(=O)NC(=O)/C(=C/c3cc(Cl)c(OCc4ccccc4Cl)c(OC)c3)C2=O)cc1. The fraction of sp³-hybridized carbons (Fsp3) is 0.148. The molecule has 184 valence electrons. The molecule has 1 N–H and O–H groups in total. The third-order valence-electron chi connectivity index (χ3n) is 5.60. The molecule has 0 aromatic heterocycles. The van der Waals surface area contributed by atoms with E-state index >= 15 is 0 Å². The largest absolute Gasteiger partial charge is 0.493 e. The summed E-state index contributed by atoms with van der Waals surface area (Å²) >= 11 is 12.7. The van der Waals surface area contributed by atoms with Gasteiger partial charge in [-0.3, -0.25) is 14.9 Å². The first-order chi connectivity index (χ1) is 17.3. The molecular weight excluding hydrogens is 503 g/mol. The summed E-state index contributed by atoms with van der Waals surface area (Å²) in [4.78, 5) is 39.1. The van der Waals surface area contributed by atoms with Gasteiger partial charge in [-0.25, -0.2) is 9.69 Å². The van der Waals surface area contributed by atoms with E-state index in [9.17, 15) is 14.4 Å². The van der Waals surface area contributed by atoms with Crippen LogP contribution in [0.1, 0.15) is 23.6 Å². The van der Waals surface area contributed by atoms with Gasteiger partial charge < -0.3 is 9.47 Å². The van der Waals surface area contributed by atoms with Crippen LogP contribution in [0.15, 0.2) is 66.2 Å². The number of ether oxygens (including phenoxy) is 2. The first-order valence-electron chi connectivity index (χ1n) is 11.1. The van der Waals surface area contributed by atoms with Crippen molar-refractivity contribution in [2.24, 2.45) is 0 Å². The van der Waals surface area contributed by atoms with Crippen molar-refractivity contribution in [3.63, 3.8) is 0 Å². The molecule has 9 heteroatoms. The van der Waals surface area contributed by atoms with Gasteiger partial charge in [-0.2, -0.15) is 0 Å². The Kier molecular flexibility index (Phi) is 7.62. The third-order valence-corrected chi connectivity index (χ3v) is 6.25. The van der Waals surface area contributed by atoms with Gasteiger partial charge in [0, 0.05) is 10.6 Å². The van der Waals surface area contributed by atoms with E-state index in [1.165, 1.54) is 19.3 Å². The highest BCUT2D eigenvalue weighted by molar-refractivity contribution is 6.39. The fourth-order valence-corrected chi connectivity index (χ4v) is 4.13. The van der Waals surface area contributed by atoms with Gasteiger partial charge in [-0.1, -0.05) is 60.5 Å². The van der Waals surface area contributed by atoms with Crippen molar-refractivity contribution >= 4 is 52.8 Å². The van der Waals surface area contributed by atoms with Crippen LogP contribution in [0.25, 0.3) is 6.08 Å². The van der Waals surface area contributed by atoms with Crippen LogP contribution in [-0.2, 0) is 22.6 Å². The van der Waals surface area contributed by atoms with Gasteiger partial charge in [0.25, 0.3) is 11.8 Å². The van der Waals surface area contributed by atoms with Gasteiger partial charge in [0.2, 0.25) is 0 Å². The van der Waals surface area contributed by atoms with E-state index < -0.39 is 17.8 Å². The molecule has 3 aromatic rings. The third kappa shape index (κ3) is 5.22. The second kappa shape index (κ2) is 10.8. The van der Waals surface area contributed by atoms with Crippen LogP contribution >= 0.6 is 23.2 Å². The number of imide groups is 2. The minimum Gasteiger partial charge on any atom is -0.493 e. The number of halogens is 2. The van der Waals surface area contributed by atoms with Crippen molar-refractivity contribution in [1.29, 1.82) is 0 Å². The standard InChI is InChI=1S/C27H22Cl2N2O5/c1-3-16-8-10-19(11-9-16)31-26(33)20(25(32)30-27(31)34)12-17-13-22(29)24(23(14-17)35-2)36-15-18-6-4-5-7-21(18)28/h4-14H,3,15H2,1-2H3,(H,30,32,34)/b20-12-. The Bertz CT molecular complexity index is 1370. The maximum absolute atomic E-state index is 13.2. The molecule has 0 spiro atoms. The molecule has 1 aliphatic rings. The lowest BCUT2D eigenvalue weighted by Gasteiger charge is -2.26. The van der Waals surface area contributed by atoms with E-state index in [-0.39, 0.29) is 23.0 Å². The molecule has 3 aromatic carbocycles. The van der Waals surface area contributed by atoms with Crippen LogP contribution in [0.2, 0.25) is 10.0 Å². The van der Waals surface area contributed by atoms with Gasteiger partial charge in [-0.15, -0.1) is 0 Å². The predicted molar refractivity (Wildman–Crippen MR) is 139 cm³/mol. The summed E-state index contributed by atoms with van der Waals surface area (Å²) in [5.74, 6) is -0.968. The number of anilines is 1. The predicted octanol–water partition coefficient (Wildman–Crippen LogP) is 5.81. The van der Waals surface area contributed by atoms with Crippen molar-refractivity contribution in [1.82, 2.24) is 5.32 Å². The highest BCUT2D eigenvalue weighted by Gasteiger charge is 2.36. The van der Waals surface area contributed by atoms with Gasteiger partial charge in [0.05, 0.1) is 17.8 Å². The Morgan fingerprint density at radius 1 is 0.972 bits per heavy atom. The van der Waals surface area contributed by atoms with Crippen molar-refractivity contribution in [3.05, 3.63) is 93.0 Å². The molecule has 4 rings (SSSR count). The van der Waals surface area contributed by atoms with Gasteiger partial charge in [0.1, 0.15) is 12.2 Å². The van der Waals surface area contributed by atoms with Crippen molar-refractivity contribution in [2.75, 3.05) is 12.0 Å². The molecule has 1 heterocycles. The van der Waals surface area contributed by atoms with Crippen LogP contribution in [0.3, 0.4) is 0 Å². The summed E-state index contributed by atoms with van der Waals surface area (Å²) in [6.45, 7) is 2.16. The fourth-order valence-electron chi connectivity index (χ4n) is 3.67. The lowest BCUT2D eigenvalue weighted by atomic mass is 10.1. The van der Waals surface area contributed by atoms with E-state index in [2.05, 4.69) is 5.32 Å². The molecule has 0 unspecified atom stereocenters. The Hall–Kier alpha value is -3.81. The molecule has 0 aliphatic carbocycles. The van der Waals surface area contributed by atoms with E-state index in [4.69, 9.17) is 32.7 Å². The first-order valence-corrected chi connectivity index (χ1v) is 11.8. The number of hydrogen-bond donors (Lipinski definition) is 1. The molecule has 0 saturated carbocycles. The Morgan fingerprint density at radius 2 is 1.69 bits per heavy atom. The van der Waals surface area contributed by atoms with Crippen molar-refractivity contribution in [2.45, 2.75) is 20.0 Å². The first kappa shape index (κ1) is 25.3. The number of nitrogens with zero attached hydrogens (tertiary/aromatic N) is 1. The van der Waals surface area contributed by atoms with E-state index in [0.717, 1.165) is 22.4 Å². The number of amides is 4. The maximum Gasteiger partial charge on any atom is 0.335 e. The zero-order valence-corrected chi connectivity index (χ0v) is 21.0. The van der Waals surface area contributed by atoms with Crippen LogP contribution in [0.4, 0.5) is 10.5 Å². The van der Waals surface area contributed by atoms with Crippen molar-refractivity contribution < 1.29 is 23.9 Å². The average Bonchev–Trinajstić information content (AvgIpc) is 2.86. The average molecular weight is 525 g/mol. The molecule has 0 radical (unpaired) electrons. The number of benzene rings is 3. The molecule has 1 fully saturated rings. The number of urea groups is 1. The van der Waals surface area contributed by atoms with Crippen LogP contribution < -0.4 is 19.7 Å². The van der Waals surface area contributed by atoms with Crippen LogP contribution in [-0.4, -0.2) is 25.0 Å². The summed E-state index contributed by atoms with van der Waals surface area (Å²) in [5.41, 5.74) is 2.36. The molecule has 36 heavy (non-hydrogen) atoms. The number of barbiturate groups is 1. The van der Waals surface area contributed by atoms with Crippen LogP contribution in [0, 0.1) is 0 Å². The van der Waals surface area contributed by atoms with Gasteiger partial charge in [0.15, 0.2) is 11.5 Å². The summed E-state index contributed by atoms with van der Waals surface area (Å²) < 4.78 is 11.3. The number of carbonyl (C=O) groups is 3. The summed E-state index contributed by atoms with van der Waals surface area (Å²) in [6.07, 6.45) is 2.16. The number of carbonyl (C=O) groups excluding carboxylic acids is 3. The monoisotopic (exact) mass is 524 g/mol. The highest BCUT2D eigenvalue weighted by Crippen LogP contribution is 2.38. The number of rotatable bonds is 7. The molecule has 1 saturated heterocycles. The topological polar surface area (TPSA) is 84.9 Å². The summed E-state index contributed by atoms with van der Waals surface area (Å²) in [6, 6.07) is 16.5. The van der Waals surface area contributed by atoms with E-state index in [1.807, 2.05) is 37.3 Å². The normalized spacial score (nSPS) is 14.7. The zero-order valence-electron chi connectivity index (χ0n) is 19.5. The Balaban J connectivity index is 1.64. The molecular formula is C27H22Cl2N2O5. The summed E-state index contributed by atoms with van der Waals surface area (Å²) in [5, 5.41) is 2.98. The van der Waals surface area contributed by atoms with Crippen molar-refractivity contribution in [3.8, 4) is 11.5 Å². The van der Waals surface area contributed by atoms with Crippen LogP contribution in [0.5, 0.6) is 11.5 Å². The number of nitrogens with one attached hydrogen (secondary N) is 1. The Morgan fingerprint density at radius 3 is 2.36 bits per heavy atom. The quantitative estimate of drug-likeness (QED) is 0.311. The molecule has 0 bridgehead atoms. The molecule has 1 aliphatic heterocycles. The minimum absolute atomic E-state index is 0.158. The smallest absolute Gasteiger partial charge is 0.335 e. The zero-order chi connectivity index (χ0) is 25.8. The number of aryl methyl sites for hydroxylation is 1. The Labute approximate surface area is 218 Å². The summed E-state index contributed by atoms with van der Waals surface area (Å²) in [7, 11) is 1.45. The van der Waals surface area contributed by atoms with E-state index in [0.29, 0.717) is 22.0 Å². The number of hydrogen-bond acceptors (Lipinski definition) is 5. The molecule has 4 amide bonds. The lowest BCUT2D eigenvalue weighted by Crippen LogP contribution is -2.54. The second-order valence-corrected chi connectivity index (χ2v) is 8.71. The minimum atomic E-state index is -0.815. The molecule has 7 nitrogen and oxygen atoms in total. The second-order valence-electron chi connectivity index (χ2n) is 7.89. The highest BCUT2D eigenvalue weighted by atomic mass is 35.5. The molecule has 0 atom stereocenters. The number of methoxy groups -OCH3 is 1. The van der Waals surface area contributed by atoms with Gasteiger partial charge >= 0.3 is 6.03 Å².